The van der Waals surface area contributed by atoms with Crippen LogP contribution in [0.1, 0.15) is 18.9 Å². The maximum Gasteiger partial charge on any atom is 0.419 e. The topological polar surface area (TPSA) is 72.3 Å². The Bertz CT molecular complexity index is 671. The Labute approximate surface area is 110 Å². The number of aryl methyl sites for hydroxylation is 1. The standard InChI is InChI=1S/C14H17NO4/c1-9(8-18-2)3-4-10-5-6-12-11(7-10)13(16)19-14(17)15-12/h5-7,9H,3-4,8H2,1-2H3,(H,15,17). The first kappa shape index (κ1) is 13.5. The molecule has 0 saturated carbocycles. The van der Waals surface area contributed by atoms with Crippen LogP contribution in [0, 0.1) is 5.92 Å². The summed E-state index contributed by atoms with van der Waals surface area (Å²) >= 11 is 0. The van der Waals surface area contributed by atoms with Gasteiger partial charge in [0.05, 0.1) is 10.9 Å². The Balaban J connectivity index is 2.22. The van der Waals surface area contributed by atoms with E-state index in [2.05, 4.69) is 16.3 Å². The molecule has 0 saturated heterocycles. The summed E-state index contributed by atoms with van der Waals surface area (Å²) in [5.41, 5.74) is 0.968. The third kappa shape index (κ3) is 3.32. The van der Waals surface area contributed by atoms with Crippen LogP contribution in [0.2, 0.25) is 0 Å². The lowest BCUT2D eigenvalue weighted by Crippen LogP contribution is -2.14. The summed E-state index contributed by atoms with van der Waals surface area (Å²) in [5, 5.41) is 0.413. The van der Waals surface area contributed by atoms with Gasteiger partial charge in [-0.25, -0.2) is 9.59 Å². The van der Waals surface area contributed by atoms with E-state index in [1.807, 2.05) is 6.07 Å². The van der Waals surface area contributed by atoms with E-state index in [9.17, 15) is 9.59 Å². The number of hydrogen-bond acceptors (Lipinski definition) is 4. The van der Waals surface area contributed by atoms with Crippen LogP contribution in [0.4, 0.5) is 0 Å². The van der Waals surface area contributed by atoms with Crippen molar-refractivity contribution in [1.82, 2.24) is 4.98 Å². The van der Waals surface area contributed by atoms with Gasteiger partial charge in [0, 0.05) is 13.7 Å². The molecule has 0 bridgehead atoms. The van der Waals surface area contributed by atoms with E-state index in [1.54, 1.807) is 19.2 Å². The predicted octanol–water partition coefficient (Wildman–Crippen LogP) is 1.70. The highest BCUT2D eigenvalue weighted by Gasteiger charge is 2.06. The average molecular weight is 263 g/mol. The van der Waals surface area contributed by atoms with E-state index < -0.39 is 11.4 Å². The van der Waals surface area contributed by atoms with Crippen LogP contribution in [0.25, 0.3) is 10.9 Å². The summed E-state index contributed by atoms with van der Waals surface area (Å²) in [6.07, 6.45) is 1.84. The fourth-order valence-electron chi connectivity index (χ4n) is 2.08. The smallest absolute Gasteiger partial charge is 0.384 e. The molecule has 1 atom stereocenters. The molecule has 1 unspecified atom stereocenters. The van der Waals surface area contributed by atoms with Gasteiger partial charge in [0.2, 0.25) is 0 Å². The Morgan fingerprint density at radius 3 is 2.89 bits per heavy atom. The van der Waals surface area contributed by atoms with Crippen LogP contribution in [0.5, 0.6) is 0 Å². The fraction of sp³-hybridized carbons (Fsp3) is 0.429. The van der Waals surface area contributed by atoms with Crippen molar-refractivity contribution in [1.29, 1.82) is 0 Å². The van der Waals surface area contributed by atoms with Crippen LogP contribution < -0.4 is 11.4 Å². The van der Waals surface area contributed by atoms with Gasteiger partial charge < -0.3 is 9.15 Å². The van der Waals surface area contributed by atoms with Crippen molar-refractivity contribution >= 4 is 10.9 Å². The number of rotatable bonds is 5. The highest BCUT2D eigenvalue weighted by atomic mass is 16.5. The summed E-state index contributed by atoms with van der Waals surface area (Å²) in [5.74, 6) is -0.258. The minimum Gasteiger partial charge on any atom is -0.384 e. The molecular formula is C14H17NO4. The van der Waals surface area contributed by atoms with Gasteiger partial charge in [-0.15, -0.1) is 0 Å². The SMILES string of the molecule is COCC(C)CCc1ccc2[nH]c(=O)oc(=O)c2c1. The molecule has 0 spiro atoms. The number of fused-ring (bicyclic) bond motifs is 1. The second kappa shape index (κ2) is 5.84. The van der Waals surface area contributed by atoms with Crippen molar-refractivity contribution in [3.8, 4) is 0 Å². The molecule has 0 amide bonds. The van der Waals surface area contributed by atoms with Crippen LogP contribution in [0.15, 0.2) is 32.2 Å². The van der Waals surface area contributed by atoms with Crippen LogP contribution >= 0.6 is 0 Å². The first-order valence-corrected chi connectivity index (χ1v) is 6.25. The van der Waals surface area contributed by atoms with Crippen molar-refractivity contribution in [3.05, 3.63) is 44.7 Å². The van der Waals surface area contributed by atoms with E-state index >= 15 is 0 Å². The first-order valence-electron chi connectivity index (χ1n) is 6.25. The van der Waals surface area contributed by atoms with Gasteiger partial charge >= 0.3 is 11.4 Å². The summed E-state index contributed by atoms with van der Waals surface area (Å²) in [6, 6.07) is 5.43. The van der Waals surface area contributed by atoms with Gasteiger partial charge in [-0.2, -0.15) is 0 Å². The highest BCUT2D eigenvalue weighted by molar-refractivity contribution is 5.77. The minimum absolute atomic E-state index is 0.413. The molecule has 0 aliphatic rings. The van der Waals surface area contributed by atoms with Crippen LogP contribution in [-0.2, 0) is 11.2 Å². The molecule has 102 valence electrons. The van der Waals surface area contributed by atoms with E-state index in [-0.39, 0.29) is 0 Å². The first-order chi connectivity index (χ1) is 9.10. The summed E-state index contributed by atoms with van der Waals surface area (Å²) in [6.45, 7) is 2.85. The summed E-state index contributed by atoms with van der Waals surface area (Å²) in [4.78, 5) is 25.1. The Kier molecular flexibility index (Phi) is 4.16. The van der Waals surface area contributed by atoms with Gasteiger partial charge in [0.25, 0.3) is 0 Å². The molecule has 2 aromatic rings. The molecule has 1 N–H and O–H groups in total. The number of methoxy groups -OCH3 is 1. The Morgan fingerprint density at radius 2 is 2.16 bits per heavy atom. The predicted molar refractivity (Wildman–Crippen MR) is 72.5 cm³/mol. The molecular weight excluding hydrogens is 246 g/mol. The third-order valence-corrected chi connectivity index (χ3v) is 3.10. The number of nitrogens with one attached hydrogen (secondary N) is 1. The molecule has 2 rings (SSSR count). The van der Waals surface area contributed by atoms with Crippen molar-refractivity contribution in [2.24, 2.45) is 5.92 Å². The van der Waals surface area contributed by atoms with Crippen molar-refractivity contribution in [3.63, 3.8) is 0 Å². The highest BCUT2D eigenvalue weighted by Crippen LogP contribution is 2.13. The number of H-pyrrole nitrogens is 1. The monoisotopic (exact) mass is 263 g/mol. The fourth-order valence-corrected chi connectivity index (χ4v) is 2.08. The van der Waals surface area contributed by atoms with Crippen molar-refractivity contribution in [2.75, 3.05) is 13.7 Å². The van der Waals surface area contributed by atoms with Gasteiger partial charge in [0.15, 0.2) is 0 Å². The number of hydrogen-bond donors (Lipinski definition) is 1. The lowest BCUT2D eigenvalue weighted by Gasteiger charge is -2.09. The lowest BCUT2D eigenvalue weighted by atomic mass is 10.0. The van der Waals surface area contributed by atoms with Crippen molar-refractivity contribution in [2.45, 2.75) is 19.8 Å². The molecule has 0 radical (unpaired) electrons. The normalized spacial score (nSPS) is 12.7. The summed E-state index contributed by atoms with van der Waals surface area (Å²) < 4.78 is 9.61. The zero-order valence-electron chi connectivity index (χ0n) is 11.1. The van der Waals surface area contributed by atoms with E-state index in [1.165, 1.54) is 0 Å². The molecule has 0 aliphatic carbocycles. The minimum atomic E-state index is -0.723. The molecule has 0 fully saturated rings. The molecule has 19 heavy (non-hydrogen) atoms. The van der Waals surface area contributed by atoms with Crippen molar-refractivity contribution < 1.29 is 9.15 Å². The van der Waals surface area contributed by atoms with Gasteiger partial charge in [-0.3, -0.25) is 4.98 Å². The number of benzene rings is 1. The third-order valence-electron chi connectivity index (χ3n) is 3.10. The zero-order chi connectivity index (χ0) is 13.8. The maximum atomic E-state index is 11.6. The van der Waals surface area contributed by atoms with Gasteiger partial charge in [-0.05, 0) is 36.5 Å². The van der Waals surface area contributed by atoms with Crippen LogP contribution in [0.3, 0.4) is 0 Å². The largest absolute Gasteiger partial charge is 0.419 e. The number of aromatic amines is 1. The number of ether oxygens (including phenoxy) is 1. The second-order valence-electron chi connectivity index (χ2n) is 4.78. The van der Waals surface area contributed by atoms with Gasteiger partial charge in [0.1, 0.15) is 0 Å². The maximum absolute atomic E-state index is 11.6. The van der Waals surface area contributed by atoms with E-state index in [0.29, 0.717) is 16.8 Å². The van der Waals surface area contributed by atoms with Crippen LogP contribution in [-0.4, -0.2) is 18.7 Å². The Morgan fingerprint density at radius 1 is 1.37 bits per heavy atom. The second-order valence-corrected chi connectivity index (χ2v) is 4.78. The zero-order valence-corrected chi connectivity index (χ0v) is 11.1. The molecule has 1 aromatic heterocycles. The quantitative estimate of drug-likeness (QED) is 0.891. The number of aromatic nitrogens is 1. The average Bonchev–Trinajstić information content (AvgIpc) is 2.37. The van der Waals surface area contributed by atoms with E-state index in [0.717, 1.165) is 25.0 Å². The van der Waals surface area contributed by atoms with Gasteiger partial charge in [-0.1, -0.05) is 13.0 Å². The Hall–Kier alpha value is -1.88. The van der Waals surface area contributed by atoms with E-state index in [4.69, 9.17) is 4.74 Å². The molecule has 5 heteroatoms. The molecule has 5 nitrogen and oxygen atoms in total. The molecule has 1 heterocycles. The molecule has 0 aliphatic heterocycles. The lowest BCUT2D eigenvalue weighted by molar-refractivity contribution is 0.156. The molecule has 1 aromatic carbocycles. The summed E-state index contributed by atoms with van der Waals surface area (Å²) in [7, 11) is 1.69.